The van der Waals surface area contributed by atoms with E-state index in [1.165, 1.54) is 6.92 Å². The van der Waals surface area contributed by atoms with Crippen LogP contribution in [0.15, 0.2) is 12.2 Å². The lowest BCUT2D eigenvalue weighted by Gasteiger charge is -2.48. The van der Waals surface area contributed by atoms with E-state index >= 15 is 0 Å². The zero-order valence-corrected chi connectivity index (χ0v) is 28.2. The van der Waals surface area contributed by atoms with E-state index in [1.54, 1.807) is 26.8 Å². The van der Waals surface area contributed by atoms with Gasteiger partial charge in [0.1, 0.15) is 23.7 Å². The second kappa shape index (κ2) is 14.8. The highest BCUT2D eigenvalue weighted by atomic mass is 16.7. The Morgan fingerprint density at radius 3 is 2.32 bits per heavy atom. The monoisotopic (exact) mass is 624 g/mol. The van der Waals surface area contributed by atoms with Crippen molar-refractivity contribution in [3.8, 4) is 0 Å². The molecular formula is C33H56N2O9. The quantitative estimate of drug-likeness (QED) is 0.242. The molecule has 13 atom stereocenters. The molecule has 11 heteroatoms. The molecule has 3 heterocycles. The maximum absolute atomic E-state index is 14.1. The Morgan fingerprint density at radius 2 is 1.70 bits per heavy atom. The SMILES string of the molecule is CC[C@H]1OC(=O)C(C)C(=O)[C@@H](C)[C@@H](O[C@@H]2O[C@H](C)C[C@H](N(C)C)[C@H]2O)[C@]2(C)C[C@@H](C)C(=N)[C@H](C)[C@@H](OC/C=C/CO2)[C@]1(C)O. The second-order valence-corrected chi connectivity index (χ2v) is 13.8. The molecule has 3 aliphatic rings. The predicted molar refractivity (Wildman–Crippen MR) is 165 cm³/mol. The summed E-state index contributed by atoms with van der Waals surface area (Å²) in [5.74, 6) is -4.15. The fourth-order valence-corrected chi connectivity index (χ4v) is 7.23. The number of nitrogens with one attached hydrogen (secondary N) is 1. The molecule has 252 valence electrons. The molecule has 2 fully saturated rings. The maximum Gasteiger partial charge on any atom is 0.316 e. The fourth-order valence-electron chi connectivity index (χ4n) is 7.23. The van der Waals surface area contributed by atoms with Crippen LogP contribution in [0.5, 0.6) is 0 Å². The van der Waals surface area contributed by atoms with Crippen molar-refractivity contribution in [3.63, 3.8) is 0 Å². The Labute approximate surface area is 263 Å². The number of likely N-dealkylation sites (N-methyl/N-ethyl adjacent to an activating group) is 1. The van der Waals surface area contributed by atoms with Crippen molar-refractivity contribution in [1.82, 2.24) is 4.90 Å². The van der Waals surface area contributed by atoms with Gasteiger partial charge in [-0.25, -0.2) is 0 Å². The highest BCUT2D eigenvalue weighted by molar-refractivity contribution is 6.00. The smallest absolute Gasteiger partial charge is 0.316 e. The Morgan fingerprint density at radius 1 is 1.07 bits per heavy atom. The van der Waals surface area contributed by atoms with Crippen molar-refractivity contribution in [2.45, 2.75) is 129 Å². The fraction of sp³-hybridized carbons (Fsp3) is 0.848. The number of esters is 1. The largest absolute Gasteiger partial charge is 0.459 e. The minimum absolute atomic E-state index is 0.147. The summed E-state index contributed by atoms with van der Waals surface area (Å²) in [4.78, 5) is 29.5. The van der Waals surface area contributed by atoms with Gasteiger partial charge in [0.05, 0.1) is 37.1 Å². The molecule has 3 N–H and O–H groups in total. The molecule has 0 aromatic carbocycles. The Balaban J connectivity index is 2.18. The summed E-state index contributed by atoms with van der Waals surface area (Å²) in [7, 11) is 3.78. The zero-order chi connectivity index (χ0) is 33.1. The van der Waals surface area contributed by atoms with Crippen molar-refractivity contribution in [1.29, 1.82) is 5.41 Å². The van der Waals surface area contributed by atoms with Crippen molar-refractivity contribution >= 4 is 17.5 Å². The van der Waals surface area contributed by atoms with Crippen LogP contribution in [-0.2, 0) is 33.3 Å². The van der Waals surface area contributed by atoms with Crippen molar-refractivity contribution in [2.75, 3.05) is 27.3 Å². The number of Topliss-reactive ketones (excluding diaryl/α,β-unsaturated/α-hetero) is 1. The van der Waals surface area contributed by atoms with Crippen LogP contribution in [0.4, 0.5) is 0 Å². The predicted octanol–water partition coefficient (Wildman–Crippen LogP) is 3.14. The van der Waals surface area contributed by atoms with E-state index in [-0.39, 0.29) is 44.1 Å². The first-order chi connectivity index (χ1) is 20.5. The normalized spacial score (nSPS) is 45.9. The number of aliphatic hydroxyl groups excluding tert-OH is 1. The van der Waals surface area contributed by atoms with Crippen LogP contribution >= 0.6 is 0 Å². The minimum Gasteiger partial charge on any atom is -0.459 e. The van der Waals surface area contributed by atoms with Crippen molar-refractivity contribution in [2.24, 2.45) is 23.7 Å². The molecule has 44 heavy (non-hydrogen) atoms. The summed E-state index contributed by atoms with van der Waals surface area (Å²) >= 11 is 0. The summed E-state index contributed by atoms with van der Waals surface area (Å²) in [6.07, 6.45) is -0.324. The number of nitrogens with zero attached hydrogens (tertiary/aromatic N) is 1. The van der Waals surface area contributed by atoms with E-state index in [4.69, 9.17) is 23.7 Å². The molecule has 0 saturated carbocycles. The molecule has 0 radical (unpaired) electrons. The number of carbonyl (C=O) groups is 2. The number of aliphatic hydroxyl groups is 2. The first-order valence-corrected chi connectivity index (χ1v) is 16.1. The first kappa shape index (κ1) is 36.7. The average Bonchev–Trinajstić information content (AvgIpc) is 2.96. The zero-order valence-electron chi connectivity index (χ0n) is 28.2. The van der Waals surface area contributed by atoms with Crippen LogP contribution in [0, 0.1) is 29.1 Å². The van der Waals surface area contributed by atoms with Gasteiger partial charge in [-0.2, -0.15) is 0 Å². The summed E-state index contributed by atoms with van der Waals surface area (Å²) in [5.41, 5.74) is -2.47. The standard InChI is InChI=1S/C33H56N2O9/c1-11-24-33(8,39)29-20(4)25(34)18(2)17-32(7,41-15-13-12-14-40-29)28(21(5)26(36)22(6)30(38)43-24)44-31-27(37)23(35(9)10)16-19(3)42-31/h12-13,18-24,27-29,31,34,37,39H,11,14-17H2,1-10H3/b13-12+,34-25?/t18-,19-,20+,21-,22?,23+,24-,27-,28-,29-,31+,32+,33-/m1/s1. The molecule has 0 aromatic heterocycles. The van der Waals surface area contributed by atoms with Gasteiger partial charge in [-0.15, -0.1) is 0 Å². The van der Waals surface area contributed by atoms with Gasteiger partial charge in [0.2, 0.25) is 0 Å². The highest BCUT2D eigenvalue weighted by Gasteiger charge is 2.52. The van der Waals surface area contributed by atoms with Gasteiger partial charge in [0.25, 0.3) is 0 Å². The van der Waals surface area contributed by atoms with E-state index in [0.717, 1.165) is 0 Å². The summed E-state index contributed by atoms with van der Waals surface area (Å²) < 4.78 is 31.3. The molecule has 1 unspecified atom stereocenters. The van der Waals surface area contributed by atoms with E-state index in [0.29, 0.717) is 12.1 Å². The third-order valence-corrected chi connectivity index (χ3v) is 9.93. The molecule has 3 rings (SSSR count). The summed E-state index contributed by atoms with van der Waals surface area (Å²) in [6.45, 7) is 14.4. The van der Waals surface area contributed by atoms with Crippen LogP contribution in [0.2, 0.25) is 0 Å². The number of hydrogen-bond donors (Lipinski definition) is 3. The molecule has 0 aliphatic carbocycles. The molecule has 11 nitrogen and oxygen atoms in total. The number of rotatable bonds is 4. The Hall–Kier alpha value is -1.73. The van der Waals surface area contributed by atoms with Gasteiger partial charge in [-0.3, -0.25) is 9.59 Å². The van der Waals surface area contributed by atoms with Crippen LogP contribution in [0.25, 0.3) is 0 Å². The van der Waals surface area contributed by atoms with Gasteiger partial charge in [-0.1, -0.05) is 39.8 Å². The van der Waals surface area contributed by atoms with Crippen LogP contribution < -0.4 is 0 Å². The van der Waals surface area contributed by atoms with Gasteiger partial charge in [0, 0.05) is 23.6 Å². The lowest BCUT2D eigenvalue weighted by Crippen LogP contribution is -2.60. The van der Waals surface area contributed by atoms with Gasteiger partial charge in [-0.05, 0) is 67.0 Å². The molecule has 2 saturated heterocycles. The van der Waals surface area contributed by atoms with E-state index in [1.807, 2.05) is 52.8 Å². The number of ether oxygens (including phenoxy) is 5. The Kier molecular flexibility index (Phi) is 12.3. The van der Waals surface area contributed by atoms with E-state index < -0.39 is 71.4 Å². The second-order valence-electron chi connectivity index (χ2n) is 13.8. The highest BCUT2D eigenvalue weighted by Crippen LogP contribution is 2.39. The molecule has 0 aromatic rings. The lowest BCUT2D eigenvalue weighted by molar-refractivity contribution is -0.296. The topological polar surface area (TPSA) is 148 Å². The van der Waals surface area contributed by atoms with Crippen LogP contribution in [-0.4, -0.2) is 114 Å². The minimum atomic E-state index is -1.65. The number of ketones is 1. The van der Waals surface area contributed by atoms with Crippen molar-refractivity contribution in [3.05, 3.63) is 12.2 Å². The van der Waals surface area contributed by atoms with Gasteiger partial charge < -0.3 is 44.2 Å². The number of cyclic esters (lactones) is 1. The summed E-state index contributed by atoms with van der Waals surface area (Å²) in [6, 6.07) is -0.237. The third kappa shape index (κ3) is 7.79. The third-order valence-electron chi connectivity index (χ3n) is 9.93. The molecular weight excluding hydrogens is 568 g/mol. The van der Waals surface area contributed by atoms with Gasteiger partial charge >= 0.3 is 5.97 Å². The molecule has 3 aliphatic heterocycles. The maximum atomic E-state index is 14.1. The van der Waals surface area contributed by atoms with Crippen LogP contribution in [0.3, 0.4) is 0 Å². The van der Waals surface area contributed by atoms with E-state index in [9.17, 15) is 25.2 Å². The van der Waals surface area contributed by atoms with Crippen LogP contribution in [0.1, 0.15) is 74.7 Å². The molecule has 0 amide bonds. The van der Waals surface area contributed by atoms with E-state index in [2.05, 4.69) is 0 Å². The first-order valence-electron chi connectivity index (χ1n) is 16.1. The number of hydrogen-bond acceptors (Lipinski definition) is 11. The average molecular weight is 625 g/mol. The number of fused-ring (bicyclic) bond motifs is 5. The Bertz CT molecular complexity index is 1050. The lowest BCUT2D eigenvalue weighted by atomic mass is 9.73. The molecule has 0 spiro atoms. The summed E-state index contributed by atoms with van der Waals surface area (Å²) in [5, 5.41) is 32.4. The molecule has 2 bridgehead atoms. The number of carbonyl (C=O) groups excluding carboxylic acids is 2. The van der Waals surface area contributed by atoms with Gasteiger partial charge in [0.15, 0.2) is 12.1 Å². The van der Waals surface area contributed by atoms with Crippen molar-refractivity contribution < 1.29 is 43.5 Å².